The summed E-state index contributed by atoms with van der Waals surface area (Å²) in [4.78, 5) is 12.3. The number of methoxy groups -OCH3 is 1. The van der Waals surface area contributed by atoms with Crippen molar-refractivity contribution in [2.45, 2.75) is 13.0 Å². The van der Waals surface area contributed by atoms with Crippen molar-refractivity contribution in [3.05, 3.63) is 72.3 Å². The number of anilines is 1. The van der Waals surface area contributed by atoms with E-state index in [2.05, 4.69) is 10.1 Å². The fourth-order valence-corrected chi connectivity index (χ4v) is 2.84. The normalized spacial score (nSPS) is 10.6. The molecule has 0 heterocycles. The van der Waals surface area contributed by atoms with Gasteiger partial charge in [-0.2, -0.15) is 8.78 Å². The van der Waals surface area contributed by atoms with Crippen molar-refractivity contribution in [3.63, 3.8) is 0 Å². The second-order valence-electron chi connectivity index (χ2n) is 6.17. The number of benzene rings is 3. The van der Waals surface area contributed by atoms with Gasteiger partial charge in [0.1, 0.15) is 17.2 Å². The van der Waals surface area contributed by atoms with Gasteiger partial charge in [0.15, 0.2) is 0 Å². The highest BCUT2D eigenvalue weighted by atomic mass is 19.3. The van der Waals surface area contributed by atoms with E-state index in [0.29, 0.717) is 28.1 Å². The minimum absolute atomic E-state index is 0.0103. The molecule has 0 atom stereocenters. The molecule has 29 heavy (non-hydrogen) atoms. The van der Waals surface area contributed by atoms with Gasteiger partial charge in [0.2, 0.25) is 5.91 Å². The summed E-state index contributed by atoms with van der Waals surface area (Å²) in [7, 11) is 1.53. The number of rotatable bonds is 7. The van der Waals surface area contributed by atoms with Gasteiger partial charge in [-0.25, -0.2) is 0 Å². The predicted octanol–water partition coefficient (Wildman–Crippen LogP) is 4.85. The number of phenols is 1. The van der Waals surface area contributed by atoms with Crippen LogP contribution in [0.3, 0.4) is 0 Å². The zero-order valence-corrected chi connectivity index (χ0v) is 15.6. The predicted molar refractivity (Wildman–Crippen MR) is 106 cm³/mol. The molecule has 3 aromatic carbocycles. The van der Waals surface area contributed by atoms with Gasteiger partial charge in [-0.3, -0.25) is 4.79 Å². The number of carbonyl (C=O) groups is 1. The van der Waals surface area contributed by atoms with E-state index >= 15 is 0 Å². The van der Waals surface area contributed by atoms with E-state index in [9.17, 15) is 18.7 Å². The molecule has 1 amide bonds. The Balaban J connectivity index is 1.85. The summed E-state index contributed by atoms with van der Waals surface area (Å²) in [6, 6.07) is 17.8. The van der Waals surface area contributed by atoms with Crippen molar-refractivity contribution in [2.24, 2.45) is 0 Å². The molecular weight excluding hydrogens is 380 g/mol. The molecule has 0 bridgehead atoms. The molecular formula is C22H19F2NO4. The number of halogens is 2. The van der Waals surface area contributed by atoms with Gasteiger partial charge >= 0.3 is 6.61 Å². The zero-order valence-electron chi connectivity index (χ0n) is 15.6. The molecule has 0 aliphatic carbocycles. The van der Waals surface area contributed by atoms with Crippen LogP contribution in [0.5, 0.6) is 17.2 Å². The standard InChI is InChI=1S/C22H19F2NO4/c1-28-17-9-6-14(7-10-17)18-13-16(8-11-20(18)29-22(23)24)25-21(27)12-15-4-2-3-5-19(15)26/h2-11,13,22,26H,12H2,1H3,(H,25,27). The van der Waals surface area contributed by atoms with E-state index in [1.54, 1.807) is 48.5 Å². The molecule has 2 N–H and O–H groups in total. The number of amides is 1. The molecule has 0 aliphatic heterocycles. The Hall–Kier alpha value is -3.61. The highest BCUT2D eigenvalue weighted by Crippen LogP contribution is 2.34. The number of hydrogen-bond donors (Lipinski definition) is 2. The summed E-state index contributed by atoms with van der Waals surface area (Å²) in [6.07, 6.45) is -0.0279. The first-order chi connectivity index (χ1) is 14.0. The second kappa shape index (κ2) is 9.05. The molecule has 0 radical (unpaired) electrons. The zero-order chi connectivity index (χ0) is 20.8. The molecule has 0 spiro atoms. The van der Waals surface area contributed by atoms with Crippen LogP contribution in [0.1, 0.15) is 5.56 Å². The molecule has 0 saturated carbocycles. The SMILES string of the molecule is COc1ccc(-c2cc(NC(=O)Cc3ccccc3O)ccc2OC(F)F)cc1. The Morgan fingerprint density at radius 3 is 2.45 bits per heavy atom. The van der Waals surface area contributed by atoms with Crippen LogP contribution in [-0.4, -0.2) is 24.7 Å². The smallest absolute Gasteiger partial charge is 0.387 e. The first-order valence-electron chi connectivity index (χ1n) is 8.76. The Bertz CT molecular complexity index is 990. The van der Waals surface area contributed by atoms with Crippen molar-refractivity contribution in [1.29, 1.82) is 0 Å². The summed E-state index contributed by atoms with van der Waals surface area (Å²) in [5.41, 5.74) is 1.92. The van der Waals surface area contributed by atoms with Gasteiger partial charge in [-0.05, 0) is 42.0 Å². The van der Waals surface area contributed by atoms with E-state index < -0.39 is 6.61 Å². The maximum Gasteiger partial charge on any atom is 0.387 e. The van der Waals surface area contributed by atoms with Crippen molar-refractivity contribution in [2.75, 3.05) is 12.4 Å². The fraction of sp³-hybridized carbons (Fsp3) is 0.136. The average molecular weight is 399 g/mol. The number of ether oxygens (including phenoxy) is 2. The van der Waals surface area contributed by atoms with Gasteiger partial charge in [0.25, 0.3) is 0 Å². The van der Waals surface area contributed by atoms with E-state index in [0.717, 1.165) is 0 Å². The fourth-order valence-electron chi connectivity index (χ4n) is 2.84. The molecule has 3 rings (SSSR count). The van der Waals surface area contributed by atoms with Crippen LogP contribution in [0.15, 0.2) is 66.7 Å². The largest absolute Gasteiger partial charge is 0.508 e. The minimum Gasteiger partial charge on any atom is -0.508 e. The second-order valence-corrected chi connectivity index (χ2v) is 6.17. The Morgan fingerprint density at radius 1 is 1.07 bits per heavy atom. The molecule has 0 fully saturated rings. The number of para-hydroxylation sites is 1. The van der Waals surface area contributed by atoms with Gasteiger partial charge in [0, 0.05) is 16.8 Å². The number of aromatic hydroxyl groups is 1. The van der Waals surface area contributed by atoms with Crippen molar-refractivity contribution >= 4 is 11.6 Å². The van der Waals surface area contributed by atoms with E-state index in [4.69, 9.17) is 4.74 Å². The monoisotopic (exact) mass is 399 g/mol. The lowest BCUT2D eigenvalue weighted by molar-refractivity contribution is -0.115. The van der Waals surface area contributed by atoms with Crippen LogP contribution < -0.4 is 14.8 Å². The topological polar surface area (TPSA) is 67.8 Å². The first-order valence-corrected chi connectivity index (χ1v) is 8.76. The Kier molecular flexibility index (Phi) is 6.29. The van der Waals surface area contributed by atoms with Crippen molar-refractivity contribution < 1.29 is 28.2 Å². The summed E-state index contributed by atoms with van der Waals surface area (Å²) < 4.78 is 35.3. The summed E-state index contributed by atoms with van der Waals surface area (Å²) in [6.45, 7) is -2.98. The number of hydrogen-bond acceptors (Lipinski definition) is 4. The number of alkyl halides is 2. The lowest BCUT2D eigenvalue weighted by atomic mass is 10.0. The number of phenolic OH excluding ortho intramolecular Hbond substituents is 1. The molecule has 150 valence electrons. The summed E-state index contributed by atoms with van der Waals surface area (Å²) in [5.74, 6) is 0.290. The summed E-state index contributed by atoms with van der Waals surface area (Å²) in [5, 5.41) is 12.5. The molecule has 0 unspecified atom stereocenters. The molecule has 3 aromatic rings. The minimum atomic E-state index is -2.98. The van der Waals surface area contributed by atoms with Gasteiger partial charge in [0.05, 0.1) is 13.5 Å². The molecule has 0 aliphatic rings. The lowest BCUT2D eigenvalue weighted by Gasteiger charge is -2.14. The third kappa shape index (κ3) is 5.22. The van der Waals surface area contributed by atoms with E-state index in [1.165, 1.54) is 25.3 Å². The van der Waals surface area contributed by atoms with Crippen LogP contribution in [0.4, 0.5) is 14.5 Å². The highest BCUT2D eigenvalue weighted by molar-refractivity contribution is 5.93. The molecule has 5 nitrogen and oxygen atoms in total. The van der Waals surface area contributed by atoms with Crippen LogP contribution >= 0.6 is 0 Å². The quantitative estimate of drug-likeness (QED) is 0.596. The maximum atomic E-state index is 12.8. The van der Waals surface area contributed by atoms with Crippen LogP contribution in [0.25, 0.3) is 11.1 Å². The lowest BCUT2D eigenvalue weighted by Crippen LogP contribution is -2.14. The van der Waals surface area contributed by atoms with Crippen molar-refractivity contribution in [3.8, 4) is 28.4 Å². The Labute approximate surface area is 166 Å². The van der Waals surface area contributed by atoms with Gasteiger partial charge in [-0.15, -0.1) is 0 Å². The van der Waals surface area contributed by atoms with Gasteiger partial charge in [-0.1, -0.05) is 30.3 Å². The Morgan fingerprint density at radius 2 is 1.79 bits per heavy atom. The van der Waals surface area contributed by atoms with E-state index in [-0.39, 0.29) is 23.8 Å². The van der Waals surface area contributed by atoms with E-state index in [1.807, 2.05) is 0 Å². The molecule has 7 heteroatoms. The first kappa shape index (κ1) is 20.1. The number of carbonyl (C=O) groups excluding carboxylic acids is 1. The highest BCUT2D eigenvalue weighted by Gasteiger charge is 2.14. The maximum absolute atomic E-state index is 12.8. The van der Waals surface area contributed by atoms with Crippen LogP contribution in [0, 0.1) is 0 Å². The van der Waals surface area contributed by atoms with Crippen molar-refractivity contribution in [1.82, 2.24) is 0 Å². The van der Waals surface area contributed by atoms with Crippen LogP contribution in [-0.2, 0) is 11.2 Å². The third-order valence-corrected chi connectivity index (χ3v) is 4.22. The average Bonchev–Trinajstić information content (AvgIpc) is 2.70. The van der Waals surface area contributed by atoms with Crippen LogP contribution in [0.2, 0.25) is 0 Å². The molecule has 0 saturated heterocycles. The number of nitrogens with one attached hydrogen (secondary N) is 1. The summed E-state index contributed by atoms with van der Waals surface area (Å²) >= 11 is 0. The molecule has 0 aromatic heterocycles. The van der Waals surface area contributed by atoms with Gasteiger partial charge < -0.3 is 19.9 Å². The third-order valence-electron chi connectivity index (χ3n) is 4.22.